The maximum Gasteiger partial charge on any atom is 0.327 e. The molecule has 1 aromatic heterocycles. The number of carbonyl (C=O) groups excluding carboxylic acids is 3. The van der Waals surface area contributed by atoms with Gasteiger partial charge in [0.1, 0.15) is 11.3 Å². The van der Waals surface area contributed by atoms with Gasteiger partial charge in [-0.25, -0.2) is 0 Å². The lowest BCUT2D eigenvalue weighted by Crippen LogP contribution is -2.58. The van der Waals surface area contributed by atoms with Gasteiger partial charge in [-0.2, -0.15) is 0 Å². The molecule has 7 nitrogen and oxygen atoms in total. The average Bonchev–Trinajstić information content (AvgIpc) is 3.41. The molecule has 2 aromatic rings. The van der Waals surface area contributed by atoms with E-state index in [9.17, 15) is 14.4 Å². The lowest BCUT2D eigenvalue weighted by Gasteiger charge is -2.32. The number of nitrogens with one attached hydrogen (secondary N) is 1. The van der Waals surface area contributed by atoms with Gasteiger partial charge in [0.25, 0.3) is 0 Å². The van der Waals surface area contributed by atoms with Gasteiger partial charge in [0.2, 0.25) is 11.8 Å². The Morgan fingerprint density at radius 1 is 1.14 bits per heavy atom. The molecule has 3 heterocycles. The number of furan rings is 1. The van der Waals surface area contributed by atoms with E-state index in [1.807, 2.05) is 30.3 Å². The quantitative estimate of drug-likeness (QED) is 0.594. The van der Waals surface area contributed by atoms with E-state index in [0.29, 0.717) is 5.76 Å². The van der Waals surface area contributed by atoms with Crippen LogP contribution in [0.5, 0.6) is 0 Å². The van der Waals surface area contributed by atoms with Crippen LogP contribution in [0.4, 0.5) is 0 Å². The van der Waals surface area contributed by atoms with Gasteiger partial charge in [0, 0.05) is 13.0 Å². The van der Waals surface area contributed by atoms with E-state index in [2.05, 4.69) is 5.32 Å². The van der Waals surface area contributed by atoms with Crippen molar-refractivity contribution in [3.05, 3.63) is 60.1 Å². The molecule has 2 saturated heterocycles. The summed E-state index contributed by atoms with van der Waals surface area (Å²) in [5.41, 5.74) is -0.474. The summed E-state index contributed by atoms with van der Waals surface area (Å²) in [5, 5.41) is 3.31. The molecule has 0 spiro atoms. The van der Waals surface area contributed by atoms with Gasteiger partial charge in [-0.05, 0) is 31.5 Å². The SMILES string of the molecule is CCOC(=O)C1(Cc2ccccc2)NC(c2ccco2)C2C(=O)N(CC)C(=O)C21. The number of esters is 1. The third-order valence-electron chi connectivity index (χ3n) is 5.88. The van der Waals surface area contributed by atoms with Crippen LogP contribution in [-0.2, 0) is 25.5 Å². The molecule has 29 heavy (non-hydrogen) atoms. The minimum atomic E-state index is -1.35. The molecule has 2 aliphatic heterocycles. The summed E-state index contributed by atoms with van der Waals surface area (Å²) >= 11 is 0. The summed E-state index contributed by atoms with van der Waals surface area (Å²) in [6.45, 7) is 3.93. The lowest BCUT2D eigenvalue weighted by molar-refractivity contribution is -0.156. The van der Waals surface area contributed by atoms with Crippen LogP contribution in [0.15, 0.2) is 53.1 Å². The predicted molar refractivity (Wildman–Crippen MR) is 103 cm³/mol. The molecule has 4 rings (SSSR count). The second-order valence-corrected chi connectivity index (χ2v) is 7.42. The lowest BCUT2D eigenvalue weighted by atomic mass is 9.76. The monoisotopic (exact) mass is 396 g/mol. The Morgan fingerprint density at radius 3 is 2.52 bits per heavy atom. The van der Waals surface area contributed by atoms with Crippen LogP contribution >= 0.6 is 0 Å². The van der Waals surface area contributed by atoms with E-state index >= 15 is 0 Å². The first-order valence-electron chi connectivity index (χ1n) is 9.91. The molecule has 1 N–H and O–H groups in total. The summed E-state index contributed by atoms with van der Waals surface area (Å²) in [6.07, 6.45) is 1.76. The van der Waals surface area contributed by atoms with Crippen molar-refractivity contribution in [2.75, 3.05) is 13.2 Å². The van der Waals surface area contributed by atoms with Crippen molar-refractivity contribution in [3.63, 3.8) is 0 Å². The van der Waals surface area contributed by atoms with E-state index in [1.54, 1.807) is 26.0 Å². The van der Waals surface area contributed by atoms with E-state index in [0.717, 1.165) is 5.56 Å². The fourth-order valence-corrected chi connectivity index (χ4v) is 4.69. The molecule has 4 atom stereocenters. The number of amides is 2. The highest BCUT2D eigenvalue weighted by atomic mass is 16.5. The Balaban J connectivity index is 1.85. The summed E-state index contributed by atoms with van der Waals surface area (Å²) in [5.74, 6) is -2.19. The molecule has 2 amide bonds. The third-order valence-corrected chi connectivity index (χ3v) is 5.88. The number of nitrogens with zero attached hydrogens (tertiary/aromatic N) is 1. The predicted octanol–water partition coefficient (Wildman–Crippen LogP) is 2.09. The number of likely N-dealkylation sites (tertiary alicyclic amines) is 1. The van der Waals surface area contributed by atoms with E-state index in [1.165, 1.54) is 11.2 Å². The molecule has 7 heteroatoms. The molecule has 0 saturated carbocycles. The van der Waals surface area contributed by atoms with Crippen LogP contribution in [0.1, 0.15) is 31.2 Å². The van der Waals surface area contributed by atoms with Crippen molar-refractivity contribution < 1.29 is 23.5 Å². The van der Waals surface area contributed by atoms with Crippen LogP contribution in [0.3, 0.4) is 0 Å². The van der Waals surface area contributed by atoms with Gasteiger partial charge in [-0.15, -0.1) is 0 Å². The van der Waals surface area contributed by atoms with Crippen LogP contribution in [0.2, 0.25) is 0 Å². The number of fused-ring (bicyclic) bond motifs is 1. The highest BCUT2D eigenvalue weighted by molar-refractivity contribution is 6.09. The molecule has 152 valence electrons. The molecular weight excluding hydrogens is 372 g/mol. The molecule has 2 aliphatic rings. The van der Waals surface area contributed by atoms with E-state index in [4.69, 9.17) is 9.15 Å². The van der Waals surface area contributed by atoms with E-state index in [-0.39, 0.29) is 31.4 Å². The number of carbonyl (C=O) groups is 3. The van der Waals surface area contributed by atoms with Gasteiger partial charge >= 0.3 is 5.97 Å². The highest BCUT2D eigenvalue weighted by Gasteiger charge is 2.69. The minimum Gasteiger partial charge on any atom is -0.468 e. The number of hydrogen-bond acceptors (Lipinski definition) is 6. The van der Waals surface area contributed by atoms with Gasteiger partial charge < -0.3 is 9.15 Å². The number of rotatable bonds is 6. The maximum absolute atomic E-state index is 13.3. The van der Waals surface area contributed by atoms with Crippen molar-refractivity contribution in [2.24, 2.45) is 11.8 Å². The van der Waals surface area contributed by atoms with Crippen molar-refractivity contribution in [3.8, 4) is 0 Å². The Kier molecular flexibility index (Phi) is 5.00. The summed E-state index contributed by atoms with van der Waals surface area (Å²) in [7, 11) is 0. The average molecular weight is 396 g/mol. The molecule has 0 aliphatic carbocycles. The van der Waals surface area contributed by atoms with Gasteiger partial charge in [0.15, 0.2) is 0 Å². The van der Waals surface area contributed by atoms with Crippen LogP contribution in [-0.4, -0.2) is 41.4 Å². The normalized spacial score (nSPS) is 28.6. The number of benzene rings is 1. The Hall–Kier alpha value is -2.93. The summed E-state index contributed by atoms with van der Waals surface area (Å²) in [4.78, 5) is 40.9. The largest absolute Gasteiger partial charge is 0.468 e. The van der Waals surface area contributed by atoms with Crippen LogP contribution in [0, 0.1) is 11.8 Å². The maximum atomic E-state index is 13.3. The molecule has 1 aromatic carbocycles. The fourth-order valence-electron chi connectivity index (χ4n) is 4.69. The Morgan fingerprint density at radius 2 is 1.90 bits per heavy atom. The van der Waals surface area contributed by atoms with Crippen LogP contribution < -0.4 is 5.32 Å². The first kappa shape index (κ1) is 19.4. The van der Waals surface area contributed by atoms with Crippen molar-refractivity contribution >= 4 is 17.8 Å². The first-order valence-corrected chi connectivity index (χ1v) is 9.91. The molecular formula is C22H24N2O5. The molecule has 0 bridgehead atoms. The molecule has 4 unspecified atom stereocenters. The van der Waals surface area contributed by atoms with Crippen molar-refractivity contribution in [2.45, 2.75) is 31.8 Å². The van der Waals surface area contributed by atoms with Crippen molar-refractivity contribution in [1.29, 1.82) is 0 Å². The van der Waals surface area contributed by atoms with E-state index < -0.39 is 29.4 Å². The Bertz CT molecular complexity index is 911. The third kappa shape index (κ3) is 2.97. The number of ether oxygens (including phenoxy) is 1. The van der Waals surface area contributed by atoms with Gasteiger partial charge in [-0.3, -0.25) is 24.6 Å². The second kappa shape index (κ2) is 7.48. The Labute approximate surface area is 169 Å². The second-order valence-electron chi connectivity index (χ2n) is 7.42. The minimum absolute atomic E-state index is 0.180. The zero-order chi connectivity index (χ0) is 20.6. The zero-order valence-corrected chi connectivity index (χ0v) is 16.5. The number of imide groups is 1. The highest BCUT2D eigenvalue weighted by Crippen LogP contribution is 2.50. The summed E-state index contributed by atoms with van der Waals surface area (Å²) in [6, 6.07) is 12.3. The van der Waals surface area contributed by atoms with Gasteiger partial charge in [0.05, 0.1) is 30.7 Å². The molecule has 0 radical (unpaired) electrons. The van der Waals surface area contributed by atoms with Crippen molar-refractivity contribution in [1.82, 2.24) is 10.2 Å². The zero-order valence-electron chi connectivity index (χ0n) is 16.5. The van der Waals surface area contributed by atoms with Crippen LogP contribution in [0.25, 0.3) is 0 Å². The smallest absolute Gasteiger partial charge is 0.327 e. The summed E-state index contributed by atoms with van der Waals surface area (Å²) < 4.78 is 11.0. The molecule has 2 fully saturated rings. The first-order chi connectivity index (χ1) is 14.0. The fraction of sp³-hybridized carbons (Fsp3) is 0.409. The topological polar surface area (TPSA) is 88.8 Å². The van der Waals surface area contributed by atoms with Gasteiger partial charge in [-0.1, -0.05) is 30.3 Å². The number of hydrogen-bond donors (Lipinski definition) is 1. The standard InChI is InChI=1S/C22H24N2O5/c1-3-24-19(25)16-17(20(24)26)22(21(27)28-4-2,13-14-9-6-5-7-10-14)23-18(16)15-11-8-12-29-15/h5-12,16-18,23H,3-4,13H2,1-2H3.